The van der Waals surface area contributed by atoms with Crippen molar-refractivity contribution in [2.24, 2.45) is 0 Å². The fourth-order valence-electron chi connectivity index (χ4n) is 2.85. The van der Waals surface area contributed by atoms with Crippen LogP contribution in [0.4, 0.5) is 29.5 Å². The van der Waals surface area contributed by atoms with E-state index in [9.17, 15) is 18.0 Å². The number of carbonyl (C=O) groups excluding carboxylic acids is 1. The number of amides is 2. The Hall–Kier alpha value is -2.49. The van der Waals surface area contributed by atoms with Gasteiger partial charge in [-0.25, -0.2) is 14.8 Å². The predicted molar refractivity (Wildman–Crippen MR) is 102 cm³/mol. The number of rotatable bonds is 5. The third-order valence-corrected chi connectivity index (χ3v) is 4.86. The fourth-order valence-corrected chi connectivity index (χ4v) is 3.39. The molecule has 2 amide bonds. The predicted octanol–water partition coefficient (Wildman–Crippen LogP) is 4.40. The lowest BCUT2D eigenvalue weighted by Crippen LogP contribution is -2.31. The summed E-state index contributed by atoms with van der Waals surface area (Å²) in [4.78, 5) is 22.9. The van der Waals surface area contributed by atoms with Crippen LogP contribution in [0.2, 0.25) is 0 Å². The van der Waals surface area contributed by atoms with Crippen molar-refractivity contribution in [1.29, 1.82) is 0 Å². The summed E-state index contributed by atoms with van der Waals surface area (Å²) in [5.41, 5.74) is -3.94. The van der Waals surface area contributed by atoms with E-state index in [1.54, 1.807) is 6.20 Å². The molecule has 0 spiro atoms. The maximum Gasteiger partial charge on any atom is 0.446 e. The van der Waals surface area contributed by atoms with Crippen molar-refractivity contribution in [2.75, 3.05) is 23.3 Å². The van der Waals surface area contributed by atoms with Gasteiger partial charge in [0.2, 0.25) is 0 Å². The van der Waals surface area contributed by atoms with Gasteiger partial charge in [0, 0.05) is 29.9 Å². The maximum absolute atomic E-state index is 12.3. The van der Waals surface area contributed by atoms with Crippen molar-refractivity contribution in [1.82, 2.24) is 15.3 Å². The molecule has 0 atom stereocenters. The molecule has 0 aliphatic carbocycles. The number of nitrogens with zero attached hydrogens (tertiary/aromatic N) is 3. The highest BCUT2D eigenvalue weighted by atomic mass is 32.2. The lowest BCUT2D eigenvalue weighted by molar-refractivity contribution is -0.0328. The molecule has 0 radical (unpaired) electrons. The van der Waals surface area contributed by atoms with E-state index in [1.807, 2.05) is 6.07 Å². The molecule has 1 aromatic carbocycles. The molecule has 0 bridgehead atoms. The molecule has 28 heavy (non-hydrogen) atoms. The average molecular weight is 411 g/mol. The van der Waals surface area contributed by atoms with Crippen LogP contribution in [0.3, 0.4) is 0 Å². The number of alkyl halides is 3. The highest BCUT2D eigenvalue weighted by Gasteiger charge is 2.29. The molecular weight excluding hydrogens is 391 g/mol. The zero-order valence-corrected chi connectivity index (χ0v) is 15.8. The van der Waals surface area contributed by atoms with Gasteiger partial charge in [-0.15, -0.1) is 0 Å². The Kier molecular flexibility index (Phi) is 6.61. The first-order valence-electron chi connectivity index (χ1n) is 8.86. The minimum Gasteiger partial charge on any atom is -0.357 e. The van der Waals surface area contributed by atoms with Gasteiger partial charge < -0.3 is 15.5 Å². The third kappa shape index (κ3) is 6.29. The zero-order valence-electron chi connectivity index (χ0n) is 15.0. The number of thioether (sulfide) groups is 1. The number of anilines is 2. The van der Waals surface area contributed by atoms with Crippen LogP contribution in [0.25, 0.3) is 0 Å². The quantitative estimate of drug-likeness (QED) is 0.714. The summed E-state index contributed by atoms with van der Waals surface area (Å²) >= 11 is -0.200. The lowest BCUT2D eigenvalue weighted by atomic mass is 10.1. The van der Waals surface area contributed by atoms with Crippen LogP contribution in [0.15, 0.2) is 41.4 Å². The first-order valence-corrected chi connectivity index (χ1v) is 9.68. The van der Waals surface area contributed by atoms with Gasteiger partial charge in [0.15, 0.2) is 0 Å². The standard InChI is InChI=1S/C18H20F3N5OS/c19-18(20,21)28-14-6-4-13(5-7-14)24-17(27)23-12-15-22-9-8-16(25-15)26-10-2-1-3-11-26/h4-9H,1-3,10-12H2,(H2,23,24,27). The monoisotopic (exact) mass is 411 g/mol. The Balaban J connectivity index is 1.50. The molecule has 1 aliphatic heterocycles. The van der Waals surface area contributed by atoms with Crippen molar-refractivity contribution in [3.63, 3.8) is 0 Å². The number of hydrogen-bond acceptors (Lipinski definition) is 5. The normalized spacial score (nSPS) is 14.6. The molecule has 1 fully saturated rings. The summed E-state index contributed by atoms with van der Waals surface area (Å²) in [5.74, 6) is 1.35. The SMILES string of the molecule is O=C(NCc1nccc(N2CCCCC2)n1)Nc1ccc(SC(F)(F)F)cc1. The first kappa shape index (κ1) is 20.2. The average Bonchev–Trinajstić information content (AvgIpc) is 2.68. The summed E-state index contributed by atoms with van der Waals surface area (Å²) in [6.45, 7) is 2.08. The first-order chi connectivity index (χ1) is 13.4. The molecule has 1 aromatic heterocycles. The minimum atomic E-state index is -4.34. The van der Waals surface area contributed by atoms with Gasteiger partial charge in [0.25, 0.3) is 0 Å². The summed E-state index contributed by atoms with van der Waals surface area (Å²) in [5, 5.41) is 5.23. The molecule has 2 N–H and O–H groups in total. The Morgan fingerprint density at radius 2 is 1.82 bits per heavy atom. The van der Waals surface area contributed by atoms with Crippen LogP contribution in [-0.4, -0.2) is 34.6 Å². The third-order valence-electron chi connectivity index (χ3n) is 4.12. The zero-order chi connectivity index (χ0) is 20.0. The number of piperidine rings is 1. The van der Waals surface area contributed by atoms with Crippen molar-refractivity contribution in [3.05, 3.63) is 42.4 Å². The number of aromatic nitrogens is 2. The van der Waals surface area contributed by atoms with Crippen LogP contribution in [-0.2, 0) is 6.54 Å². The molecule has 1 saturated heterocycles. The van der Waals surface area contributed by atoms with Crippen LogP contribution >= 0.6 is 11.8 Å². The minimum absolute atomic E-state index is 0.0568. The van der Waals surface area contributed by atoms with E-state index in [2.05, 4.69) is 25.5 Å². The van der Waals surface area contributed by atoms with Crippen molar-refractivity contribution in [3.8, 4) is 0 Å². The van der Waals surface area contributed by atoms with E-state index in [4.69, 9.17) is 0 Å². The largest absolute Gasteiger partial charge is 0.446 e. The van der Waals surface area contributed by atoms with Crippen LogP contribution in [0, 0.1) is 0 Å². The van der Waals surface area contributed by atoms with Gasteiger partial charge in [0.1, 0.15) is 11.6 Å². The molecule has 2 aromatic rings. The van der Waals surface area contributed by atoms with E-state index in [0.29, 0.717) is 11.5 Å². The topological polar surface area (TPSA) is 70.2 Å². The number of hydrogen-bond donors (Lipinski definition) is 2. The van der Waals surface area contributed by atoms with Gasteiger partial charge in [-0.3, -0.25) is 0 Å². The van der Waals surface area contributed by atoms with E-state index in [1.165, 1.54) is 30.7 Å². The molecule has 2 heterocycles. The Bertz CT molecular complexity index is 795. The maximum atomic E-state index is 12.3. The van der Waals surface area contributed by atoms with Crippen LogP contribution in [0.1, 0.15) is 25.1 Å². The molecule has 0 unspecified atom stereocenters. The van der Waals surface area contributed by atoms with Crippen LogP contribution < -0.4 is 15.5 Å². The van der Waals surface area contributed by atoms with Crippen molar-refractivity contribution in [2.45, 2.75) is 36.2 Å². The highest BCUT2D eigenvalue weighted by Crippen LogP contribution is 2.37. The lowest BCUT2D eigenvalue weighted by Gasteiger charge is -2.27. The second kappa shape index (κ2) is 9.13. The highest BCUT2D eigenvalue weighted by molar-refractivity contribution is 8.00. The van der Waals surface area contributed by atoms with E-state index in [0.717, 1.165) is 31.7 Å². The van der Waals surface area contributed by atoms with Gasteiger partial charge in [-0.1, -0.05) is 0 Å². The summed E-state index contributed by atoms with van der Waals surface area (Å²) in [6.07, 6.45) is 5.18. The van der Waals surface area contributed by atoms with E-state index in [-0.39, 0.29) is 23.2 Å². The molecule has 3 rings (SSSR count). The van der Waals surface area contributed by atoms with Crippen LogP contribution in [0.5, 0.6) is 0 Å². The molecule has 1 aliphatic rings. The van der Waals surface area contributed by atoms with E-state index >= 15 is 0 Å². The van der Waals surface area contributed by atoms with Crippen molar-refractivity contribution >= 4 is 29.3 Å². The molecule has 10 heteroatoms. The van der Waals surface area contributed by atoms with Crippen molar-refractivity contribution < 1.29 is 18.0 Å². The summed E-state index contributed by atoms with van der Waals surface area (Å²) in [7, 11) is 0. The molecule has 6 nitrogen and oxygen atoms in total. The fraction of sp³-hybridized carbons (Fsp3) is 0.389. The summed E-state index contributed by atoms with van der Waals surface area (Å²) < 4.78 is 37.0. The van der Waals surface area contributed by atoms with Gasteiger partial charge in [-0.2, -0.15) is 13.2 Å². The number of urea groups is 1. The van der Waals surface area contributed by atoms with Gasteiger partial charge >= 0.3 is 11.5 Å². The Morgan fingerprint density at radius 1 is 1.11 bits per heavy atom. The number of nitrogens with one attached hydrogen (secondary N) is 2. The smallest absolute Gasteiger partial charge is 0.357 e. The van der Waals surface area contributed by atoms with Gasteiger partial charge in [-0.05, 0) is 61.4 Å². The number of benzene rings is 1. The molecule has 0 saturated carbocycles. The number of halogens is 3. The molecular formula is C18H20F3N5OS. The summed E-state index contributed by atoms with van der Waals surface area (Å²) in [6, 6.07) is 6.82. The Morgan fingerprint density at radius 3 is 2.50 bits per heavy atom. The van der Waals surface area contributed by atoms with E-state index < -0.39 is 11.5 Å². The second-order valence-electron chi connectivity index (χ2n) is 6.26. The molecule has 150 valence electrons. The second-order valence-corrected chi connectivity index (χ2v) is 7.40. The van der Waals surface area contributed by atoms with Gasteiger partial charge in [0.05, 0.1) is 6.54 Å². The number of carbonyl (C=O) groups is 1. The Labute approximate surface area is 164 Å².